The zero-order valence-corrected chi connectivity index (χ0v) is 11.1. The molecule has 2 rings (SSSR count). The highest BCUT2D eigenvalue weighted by Gasteiger charge is 2.16. The molecule has 0 spiro atoms. The second kappa shape index (κ2) is 5.40. The Morgan fingerprint density at radius 2 is 2.21 bits per heavy atom. The first kappa shape index (κ1) is 13.5. The Hall–Kier alpha value is -1.88. The number of carboxylic acids is 1. The van der Waals surface area contributed by atoms with Crippen LogP contribution in [0.3, 0.4) is 0 Å². The standard InChI is InChI=1S/C14H18N2O3/c1-3-4-13-15-11-7-10(14(18)19)5-6-12(11)16(13)9(2)8-17/h5-7,9,17H,3-4,8H2,1-2H3,(H,18,19). The van der Waals surface area contributed by atoms with Crippen molar-refractivity contribution >= 4 is 17.0 Å². The molecule has 0 radical (unpaired) electrons. The first-order chi connectivity index (χ1) is 9.08. The van der Waals surface area contributed by atoms with Gasteiger partial charge >= 0.3 is 5.97 Å². The van der Waals surface area contributed by atoms with Gasteiger partial charge in [0, 0.05) is 6.42 Å². The molecule has 102 valence electrons. The van der Waals surface area contributed by atoms with Crippen molar-refractivity contribution in [2.24, 2.45) is 0 Å². The largest absolute Gasteiger partial charge is 0.478 e. The molecule has 0 aliphatic heterocycles. The molecule has 1 heterocycles. The van der Waals surface area contributed by atoms with Gasteiger partial charge in [-0.3, -0.25) is 0 Å². The van der Waals surface area contributed by atoms with Crippen molar-refractivity contribution in [3.8, 4) is 0 Å². The van der Waals surface area contributed by atoms with Crippen molar-refractivity contribution in [3.63, 3.8) is 0 Å². The fraction of sp³-hybridized carbons (Fsp3) is 0.429. The normalized spacial score (nSPS) is 12.8. The summed E-state index contributed by atoms with van der Waals surface area (Å²) in [6, 6.07) is 4.85. The summed E-state index contributed by atoms with van der Waals surface area (Å²) >= 11 is 0. The van der Waals surface area contributed by atoms with E-state index in [1.54, 1.807) is 18.2 Å². The van der Waals surface area contributed by atoms with Gasteiger partial charge in [-0.2, -0.15) is 0 Å². The molecule has 0 fully saturated rings. The number of nitrogens with zero attached hydrogens (tertiary/aromatic N) is 2. The van der Waals surface area contributed by atoms with Crippen molar-refractivity contribution in [2.75, 3.05) is 6.61 Å². The molecular weight excluding hydrogens is 244 g/mol. The number of carbonyl (C=O) groups is 1. The minimum Gasteiger partial charge on any atom is -0.478 e. The molecule has 5 heteroatoms. The second-order valence-electron chi connectivity index (χ2n) is 4.69. The first-order valence-corrected chi connectivity index (χ1v) is 6.43. The number of rotatable bonds is 5. The second-order valence-corrected chi connectivity index (χ2v) is 4.69. The Morgan fingerprint density at radius 1 is 1.47 bits per heavy atom. The lowest BCUT2D eigenvalue weighted by atomic mass is 10.2. The van der Waals surface area contributed by atoms with Crippen LogP contribution in [0, 0.1) is 0 Å². The maximum atomic E-state index is 11.0. The molecule has 0 saturated heterocycles. The average Bonchev–Trinajstić information content (AvgIpc) is 2.75. The molecule has 1 atom stereocenters. The van der Waals surface area contributed by atoms with Gasteiger partial charge in [-0.25, -0.2) is 9.78 Å². The summed E-state index contributed by atoms with van der Waals surface area (Å²) in [6.45, 7) is 4.02. The number of aromatic carboxylic acids is 1. The van der Waals surface area contributed by atoms with Gasteiger partial charge in [-0.1, -0.05) is 6.92 Å². The summed E-state index contributed by atoms with van der Waals surface area (Å²) in [5, 5.41) is 18.4. The summed E-state index contributed by atoms with van der Waals surface area (Å²) in [6.07, 6.45) is 1.76. The van der Waals surface area contributed by atoms with Gasteiger partial charge in [0.25, 0.3) is 0 Å². The average molecular weight is 262 g/mol. The van der Waals surface area contributed by atoms with Crippen LogP contribution in [0.1, 0.15) is 42.5 Å². The Labute approximate surface area is 111 Å². The monoisotopic (exact) mass is 262 g/mol. The number of aryl methyl sites for hydroxylation is 1. The van der Waals surface area contributed by atoms with E-state index >= 15 is 0 Å². The number of aliphatic hydroxyl groups excluding tert-OH is 1. The lowest BCUT2D eigenvalue weighted by molar-refractivity contribution is 0.0697. The number of carboxylic acid groups (broad SMARTS) is 1. The van der Waals surface area contributed by atoms with Gasteiger partial charge < -0.3 is 14.8 Å². The van der Waals surface area contributed by atoms with Crippen molar-refractivity contribution in [2.45, 2.75) is 32.7 Å². The number of hydrogen-bond donors (Lipinski definition) is 2. The van der Waals surface area contributed by atoms with Crippen LogP contribution in [-0.2, 0) is 6.42 Å². The predicted octanol–water partition coefficient (Wildman–Crippen LogP) is 2.24. The van der Waals surface area contributed by atoms with Crippen molar-refractivity contribution < 1.29 is 15.0 Å². The fourth-order valence-electron chi connectivity index (χ4n) is 2.26. The van der Waals surface area contributed by atoms with Gasteiger partial charge in [-0.05, 0) is 31.5 Å². The maximum Gasteiger partial charge on any atom is 0.335 e. The number of imidazole rings is 1. The summed E-state index contributed by atoms with van der Waals surface area (Å²) in [5.74, 6) is -0.0645. The molecule has 2 N–H and O–H groups in total. The minimum absolute atomic E-state index is 0.0306. The highest BCUT2D eigenvalue weighted by Crippen LogP contribution is 2.23. The smallest absolute Gasteiger partial charge is 0.335 e. The lowest BCUT2D eigenvalue weighted by Gasteiger charge is -2.14. The van der Waals surface area contributed by atoms with E-state index in [1.807, 2.05) is 11.5 Å². The van der Waals surface area contributed by atoms with E-state index in [4.69, 9.17) is 5.11 Å². The van der Waals surface area contributed by atoms with Crippen molar-refractivity contribution in [1.82, 2.24) is 9.55 Å². The molecule has 1 aromatic heterocycles. The van der Waals surface area contributed by atoms with E-state index in [0.29, 0.717) is 5.52 Å². The molecule has 2 aromatic rings. The number of hydrogen-bond acceptors (Lipinski definition) is 3. The Morgan fingerprint density at radius 3 is 2.79 bits per heavy atom. The SMILES string of the molecule is CCCc1nc2cc(C(=O)O)ccc2n1C(C)CO. The van der Waals surface area contributed by atoms with E-state index in [2.05, 4.69) is 11.9 Å². The van der Waals surface area contributed by atoms with Gasteiger partial charge in [0.1, 0.15) is 5.82 Å². The lowest BCUT2D eigenvalue weighted by Crippen LogP contribution is -2.12. The van der Waals surface area contributed by atoms with Crippen LogP contribution >= 0.6 is 0 Å². The highest BCUT2D eigenvalue weighted by atomic mass is 16.4. The maximum absolute atomic E-state index is 11.0. The Kier molecular flexibility index (Phi) is 3.85. The van der Waals surface area contributed by atoms with E-state index in [0.717, 1.165) is 24.2 Å². The predicted molar refractivity (Wildman–Crippen MR) is 72.5 cm³/mol. The van der Waals surface area contributed by atoms with Crippen LogP contribution in [0.2, 0.25) is 0 Å². The van der Waals surface area contributed by atoms with E-state index in [1.165, 1.54) is 0 Å². The molecule has 1 aromatic carbocycles. The minimum atomic E-state index is -0.955. The van der Waals surface area contributed by atoms with Crippen LogP contribution in [0.5, 0.6) is 0 Å². The first-order valence-electron chi connectivity index (χ1n) is 6.43. The molecule has 19 heavy (non-hydrogen) atoms. The number of aliphatic hydroxyl groups is 1. The van der Waals surface area contributed by atoms with Gasteiger partial charge in [0.15, 0.2) is 0 Å². The third kappa shape index (κ3) is 2.46. The van der Waals surface area contributed by atoms with E-state index < -0.39 is 5.97 Å². The number of benzene rings is 1. The number of aromatic nitrogens is 2. The summed E-state index contributed by atoms with van der Waals surface area (Å²) in [7, 11) is 0. The highest BCUT2D eigenvalue weighted by molar-refractivity contribution is 5.92. The molecule has 0 aliphatic carbocycles. The zero-order valence-electron chi connectivity index (χ0n) is 11.1. The van der Waals surface area contributed by atoms with Crippen LogP contribution in [-0.4, -0.2) is 32.3 Å². The topological polar surface area (TPSA) is 75.3 Å². The van der Waals surface area contributed by atoms with Crippen molar-refractivity contribution in [1.29, 1.82) is 0 Å². The summed E-state index contributed by atoms with van der Waals surface area (Å²) in [4.78, 5) is 15.5. The van der Waals surface area contributed by atoms with Crippen LogP contribution in [0.4, 0.5) is 0 Å². The molecule has 0 bridgehead atoms. The molecule has 0 amide bonds. The quantitative estimate of drug-likeness (QED) is 0.866. The summed E-state index contributed by atoms with van der Waals surface area (Å²) < 4.78 is 1.99. The van der Waals surface area contributed by atoms with Gasteiger partial charge in [0.05, 0.1) is 29.2 Å². The Balaban J connectivity index is 2.62. The van der Waals surface area contributed by atoms with E-state index in [-0.39, 0.29) is 18.2 Å². The van der Waals surface area contributed by atoms with Gasteiger partial charge in [-0.15, -0.1) is 0 Å². The number of fused-ring (bicyclic) bond motifs is 1. The van der Waals surface area contributed by atoms with Crippen LogP contribution in [0.15, 0.2) is 18.2 Å². The molecular formula is C14H18N2O3. The van der Waals surface area contributed by atoms with Gasteiger partial charge in [0.2, 0.25) is 0 Å². The Bertz CT molecular complexity index is 604. The van der Waals surface area contributed by atoms with Crippen molar-refractivity contribution in [3.05, 3.63) is 29.6 Å². The third-order valence-electron chi connectivity index (χ3n) is 3.19. The molecule has 0 aliphatic rings. The molecule has 1 unspecified atom stereocenters. The molecule has 0 saturated carbocycles. The molecule has 5 nitrogen and oxygen atoms in total. The summed E-state index contributed by atoms with van der Waals surface area (Å²) in [5.41, 5.74) is 1.77. The third-order valence-corrected chi connectivity index (χ3v) is 3.19. The zero-order chi connectivity index (χ0) is 14.0. The van der Waals surface area contributed by atoms with Crippen LogP contribution < -0.4 is 0 Å². The van der Waals surface area contributed by atoms with Crippen LogP contribution in [0.25, 0.3) is 11.0 Å². The fourth-order valence-corrected chi connectivity index (χ4v) is 2.26. The van der Waals surface area contributed by atoms with E-state index in [9.17, 15) is 9.90 Å².